The summed E-state index contributed by atoms with van der Waals surface area (Å²) < 4.78 is 5.18. The molecular formula is C22H24ClN3O3. The third-order valence-electron chi connectivity index (χ3n) is 5.87. The Morgan fingerprint density at radius 1 is 1.17 bits per heavy atom. The SMILES string of the molecule is COc1ccc(CC(=O)N2[C@@H]3CC[C@H]2CC(NC(=O)c2ccncc2)C3)cc1Cl. The topological polar surface area (TPSA) is 71.5 Å². The van der Waals surface area contributed by atoms with Crippen LogP contribution >= 0.6 is 11.6 Å². The summed E-state index contributed by atoms with van der Waals surface area (Å²) in [5, 5.41) is 3.64. The highest BCUT2D eigenvalue weighted by molar-refractivity contribution is 6.32. The van der Waals surface area contributed by atoms with E-state index in [1.165, 1.54) is 0 Å². The smallest absolute Gasteiger partial charge is 0.251 e. The van der Waals surface area contributed by atoms with Crippen molar-refractivity contribution in [2.75, 3.05) is 7.11 Å². The minimum Gasteiger partial charge on any atom is -0.495 e. The molecule has 1 aromatic carbocycles. The van der Waals surface area contributed by atoms with Crippen molar-refractivity contribution < 1.29 is 14.3 Å². The second-order valence-electron chi connectivity index (χ2n) is 7.71. The first kappa shape index (κ1) is 19.7. The number of aromatic nitrogens is 1. The number of carbonyl (C=O) groups excluding carboxylic acids is 2. The van der Waals surface area contributed by atoms with Crippen molar-refractivity contribution in [1.29, 1.82) is 0 Å². The predicted molar refractivity (Wildman–Crippen MR) is 110 cm³/mol. The molecule has 1 unspecified atom stereocenters. The normalized spacial score (nSPS) is 23.0. The van der Waals surface area contributed by atoms with E-state index in [0.29, 0.717) is 22.8 Å². The molecule has 2 amide bonds. The molecule has 0 radical (unpaired) electrons. The van der Waals surface area contributed by atoms with Crippen molar-refractivity contribution in [2.24, 2.45) is 0 Å². The fourth-order valence-electron chi connectivity index (χ4n) is 4.56. The molecule has 4 rings (SSSR count). The lowest BCUT2D eigenvalue weighted by molar-refractivity contribution is -0.135. The van der Waals surface area contributed by atoms with E-state index >= 15 is 0 Å². The molecule has 2 bridgehead atoms. The summed E-state index contributed by atoms with van der Waals surface area (Å²) in [6.45, 7) is 0. The highest BCUT2D eigenvalue weighted by atomic mass is 35.5. The molecule has 2 saturated heterocycles. The average molecular weight is 414 g/mol. The molecule has 29 heavy (non-hydrogen) atoms. The van der Waals surface area contributed by atoms with E-state index in [1.807, 2.05) is 11.0 Å². The number of hydrogen-bond acceptors (Lipinski definition) is 4. The van der Waals surface area contributed by atoms with E-state index in [0.717, 1.165) is 31.2 Å². The third kappa shape index (κ3) is 4.22. The van der Waals surface area contributed by atoms with Crippen molar-refractivity contribution in [3.63, 3.8) is 0 Å². The summed E-state index contributed by atoms with van der Waals surface area (Å²) in [5.41, 5.74) is 1.50. The van der Waals surface area contributed by atoms with Gasteiger partial charge in [-0.1, -0.05) is 17.7 Å². The molecule has 0 aliphatic carbocycles. The summed E-state index contributed by atoms with van der Waals surface area (Å²) in [6.07, 6.45) is 7.12. The zero-order chi connectivity index (χ0) is 20.4. The first-order valence-corrected chi connectivity index (χ1v) is 10.3. The number of nitrogens with one attached hydrogen (secondary N) is 1. The predicted octanol–water partition coefficient (Wildman–Crippen LogP) is 3.24. The van der Waals surface area contributed by atoms with Crippen molar-refractivity contribution >= 4 is 23.4 Å². The van der Waals surface area contributed by atoms with Crippen molar-refractivity contribution in [1.82, 2.24) is 15.2 Å². The van der Waals surface area contributed by atoms with E-state index in [-0.39, 0.29) is 29.9 Å². The highest BCUT2D eigenvalue weighted by Gasteiger charge is 2.43. The van der Waals surface area contributed by atoms with Crippen LogP contribution in [-0.2, 0) is 11.2 Å². The maximum absolute atomic E-state index is 13.0. The zero-order valence-electron chi connectivity index (χ0n) is 16.3. The van der Waals surface area contributed by atoms with Gasteiger partial charge in [0.15, 0.2) is 0 Å². The van der Waals surface area contributed by atoms with Crippen LogP contribution in [0.5, 0.6) is 5.75 Å². The fourth-order valence-corrected chi connectivity index (χ4v) is 4.84. The summed E-state index contributed by atoms with van der Waals surface area (Å²) in [7, 11) is 1.57. The first-order valence-electron chi connectivity index (χ1n) is 9.89. The maximum Gasteiger partial charge on any atom is 0.251 e. The number of benzene rings is 1. The molecule has 3 heterocycles. The zero-order valence-corrected chi connectivity index (χ0v) is 17.1. The fraction of sp³-hybridized carbons (Fsp3) is 0.409. The number of nitrogens with zero attached hydrogens (tertiary/aromatic N) is 2. The van der Waals surface area contributed by atoms with Crippen LogP contribution in [0.1, 0.15) is 41.6 Å². The Balaban J connectivity index is 1.38. The molecule has 152 valence electrons. The Morgan fingerprint density at radius 2 is 1.86 bits per heavy atom. The molecular weight excluding hydrogens is 390 g/mol. The second-order valence-corrected chi connectivity index (χ2v) is 8.12. The van der Waals surface area contributed by atoms with Crippen molar-refractivity contribution in [3.05, 3.63) is 58.9 Å². The van der Waals surface area contributed by atoms with E-state index in [2.05, 4.69) is 10.3 Å². The Morgan fingerprint density at radius 3 is 2.48 bits per heavy atom. The molecule has 1 N–H and O–H groups in total. The number of amides is 2. The number of methoxy groups -OCH3 is 1. The van der Waals surface area contributed by atoms with E-state index in [4.69, 9.17) is 16.3 Å². The Hall–Kier alpha value is -2.60. The van der Waals surface area contributed by atoms with Gasteiger partial charge in [-0.05, 0) is 55.5 Å². The Bertz CT molecular complexity index is 891. The molecule has 2 fully saturated rings. The maximum atomic E-state index is 13.0. The van der Waals surface area contributed by atoms with Crippen LogP contribution in [-0.4, -0.2) is 46.9 Å². The molecule has 0 spiro atoms. The molecule has 6 nitrogen and oxygen atoms in total. The van der Waals surface area contributed by atoms with Gasteiger partial charge < -0.3 is 15.0 Å². The van der Waals surface area contributed by atoms with Gasteiger partial charge >= 0.3 is 0 Å². The third-order valence-corrected chi connectivity index (χ3v) is 6.17. The van der Waals surface area contributed by atoms with Gasteiger partial charge in [0.05, 0.1) is 18.6 Å². The van der Waals surface area contributed by atoms with Crippen LogP contribution in [0.4, 0.5) is 0 Å². The van der Waals surface area contributed by atoms with Gasteiger partial charge in [-0.2, -0.15) is 0 Å². The van der Waals surface area contributed by atoms with E-state index < -0.39 is 0 Å². The summed E-state index contributed by atoms with van der Waals surface area (Å²) in [5.74, 6) is 0.649. The van der Waals surface area contributed by atoms with Crippen LogP contribution in [0.3, 0.4) is 0 Å². The standard InChI is InChI=1S/C22H24ClN3O3/c1-29-20-5-2-14(10-19(20)23)11-21(27)26-17-3-4-18(26)13-16(12-17)25-22(28)15-6-8-24-9-7-15/h2,5-10,16-18H,3-4,11-13H2,1H3,(H,25,28)/t16?,17-,18+. The van der Waals surface area contributed by atoms with Gasteiger partial charge in [0.1, 0.15) is 5.75 Å². The van der Waals surface area contributed by atoms with Crippen molar-refractivity contribution in [2.45, 2.75) is 50.2 Å². The first-order chi connectivity index (χ1) is 14.0. The van der Waals surface area contributed by atoms with Crippen LogP contribution < -0.4 is 10.1 Å². The minimum absolute atomic E-state index is 0.0792. The van der Waals surface area contributed by atoms with Crippen LogP contribution in [0.15, 0.2) is 42.7 Å². The van der Waals surface area contributed by atoms with E-state index in [9.17, 15) is 9.59 Å². The number of fused-ring (bicyclic) bond motifs is 2. The number of rotatable bonds is 5. The van der Waals surface area contributed by atoms with Crippen molar-refractivity contribution in [3.8, 4) is 5.75 Å². The Labute approximate surface area is 175 Å². The van der Waals surface area contributed by atoms with Crippen LogP contribution in [0.25, 0.3) is 0 Å². The molecule has 2 aliphatic rings. The van der Waals surface area contributed by atoms with Gasteiger partial charge in [-0.3, -0.25) is 14.6 Å². The van der Waals surface area contributed by atoms with Gasteiger partial charge in [-0.25, -0.2) is 0 Å². The summed E-state index contributed by atoms with van der Waals surface area (Å²) in [4.78, 5) is 31.4. The summed E-state index contributed by atoms with van der Waals surface area (Å²) >= 11 is 6.19. The van der Waals surface area contributed by atoms with Crippen LogP contribution in [0, 0.1) is 0 Å². The quantitative estimate of drug-likeness (QED) is 0.816. The lowest BCUT2D eigenvalue weighted by Gasteiger charge is -2.39. The molecule has 7 heteroatoms. The minimum atomic E-state index is -0.0792. The number of piperidine rings is 1. The lowest BCUT2D eigenvalue weighted by atomic mass is 9.96. The highest BCUT2D eigenvalue weighted by Crippen LogP contribution is 2.36. The molecule has 3 atom stereocenters. The van der Waals surface area contributed by atoms with Gasteiger partial charge in [0.25, 0.3) is 5.91 Å². The lowest BCUT2D eigenvalue weighted by Crippen LogP contribution is -2.52. The molecule has 0 saturated carbocycles. The van der Waals surface area contributed by atoms with Crippen LogP contribution in [0.2, 0.25) is 5.02 Å². The molecule has 2 aliphatic heterocycles. The van der Waals surface area contributed by atoms with E-state index in [1.54, 1.807) is 43.8 Å². The monoisotopic (exact) mass is 413 g/mol. The summed E-state index contributed by atoms with van der Waals surface area (Å²) in [6, 6.07) is 9.34. The number of carbonyl (C=O) groups is 2. The molecule has 1 aromatic heterocycles. The number of hydrogen-bond donors (Lipinski definition) is 1. The van der Waals surface area contributed by atoms with Gasteiger partial charge in [-0.15, -0.1) is 0 Å². The number of pyridine rings is 1. The average Bonchev–Trinajstić information content (AvgIpc) is 2.99. The largest absolute Gasteiger partial charge is 0.495 e. The number of ether oxygens (including phenoxy) is 1. The second kappa shape index (κ2) is 8.41. The molecule has 2 aromatic rings. The van der Waals surface area contributed by atoms with Gasteiger partial charge in [0.2, 0.25) is 5.91 Å². The number of halogens is 1. The Kier molecular flexibility index (Phi) is 5.72. The van der Waals surface area contributed by atoms with Gasteiger partial charge in [0, 0.05) is 36.1 Å².